The zero-order valence-electron chi connectivity index (χ0n) is 12.5. The summed E-state index contributed by atoms with van der Waals surface area (Å²) in [4.78, 5) is 5.19. The summed E-state index contributed by atoms with van der Waals surface area (Å²) >= 11 is 1.78. The van der Waals surface area contributed by atoms with Gasteiger partial charge in [0.2, 0.25) is 0 Å². The summed E-state index contributed by atoms with van der Waals surface area (Å²) < 4.78 is 13.4. The molecule has 1 aromatic carbocycles. The van der Waals surface area contributed by atoms with E-state index in [0.29, 0.717) is 0 Å². The van der Waals surface area contributed by atoms with Crippen LogP contribution < -0.4 is 5.32 Å². The van der Waals surface area contributed by atoms with Gasteiger partial charge < -0.3 is 5.32 Å². The van der Waals surface area contributed by atoms with Crippen molar-refractivity contribution in [3.05, 3.63) is 59.7 Å². The first kappa shape index (κ1) is 16.0. The largest absolute Gasteiger partial charge is 0.309 e. The van der Waals surface area contributed by atoms with Crippen LogP contribution in [0.15, 0.2) is 47.6 Å². The Hall–Kier alpha value is -1.39. The molecule has 4 heteroatoms. The second-order valence-electron chi connectivity index (χ2n) is 5.07. The Bertz CT molecular complexity index is 557. The van der Waals surface area contributed by atoms with E-state index in [1.54, 1.807) is 24.0 Å². The average Bonchev–Trinajstić information content (AvgIpc) is 2.49. The zero-order chi connectivity index (χ0) is 15.1. The van der Waals surface area contributed by atoms with Crippen LogP contribution in [0.1, 0.15) is 30.5 Å². The minimum Gasteiger partial charge on any atom is -0.309 e. The third-order valence-corrected chi connectivity index (χ3v) is 4.31. The molecule has 1 N–H and O–H groups in total. The van der Waals surface area contributed by atoms with E-state index in [9.17, 15) is 4.39 Å². The summed E-state index contributed by atoms with van der Waals surface area (Å²) in [6.07, 6.45) is 4.04. The second-order valence-corrected chi connectivity index (χ2v) is 6.16. The Labute approximate surface area is 130 Å². The molecule has 1 heterocycles. The highest BCUT2D eigenvalue weighted by molar-refractivity contribution is 7.99. The number of aryl methyl sites for hydroxylation is 1. The molecule has 2 nitrogen and oxygen atoms in total. The van der Waals surface area contributed by atoms with E-state index in [1.165, 1.54) is 16.7 Å². The number of hydrogen-bond acceptors (Lipinski definition) is 3. The van der Waals surface area contributed by atoms with Crippen molar-refractivity contribution in [1.29, 1.82) is 0 Å². The van der Waals surface area contributed by atoms with E-state index >= 15 is 0 Å². The number of pyridine rings is 1. The molecule has 0 saturated carbocycles. The molecule has 0 aliphatic rings. The number of nitrogens with zero attached hydrogens (tertiary/aromatic N) is 1. The van der Waals surface area contributed by atoms with Gasteiger partial charge >= 0.3 is 0 Å². The highest BCUT2D eigenvalue weighted by Crippen LogP contribution is 2.25. The molecule has 0 fully saturated rings. The molecule has 0 bridgehead atoms. The number of aromatic nitrogens is 1. The highest BCUT2D eigenvalue weighted by Gasteiger charge is 2.12. The molecular formula is C17H21FN2S. The van der Waals surface area contributed by atoms with Gasteiger partial charge in [0.25, 0.3) is 0 Å². The van der Waals surface area contributed by atoms with E-state index in [0.717, 1.165) is 24.3 Å². The molecule has 1 unspecified atom stereocenters. The minimum atomic E-state index is -0.281. The van der Waals surface area contributed by atoms with Gasteiger partial charge in [-0.05, 0) is 43.7 Å². The summed E-state index contributed by atoms with van der Waals surface area (Å²) in [5, 5.41) is 3.47. The van der Waals surface area contributed by atoms with Crippen LogP contribution in [0.3, 0.4) is 0 Å². The van der Waals surface area contributed by atoms with Gasteiger partial charge in [-0.3, -0.25) is 4.98 Å². The van der Waals surface area contributed by atoms with Gasteiger partial charge in [0.1, 0.15) is 5.82 Å². The van der Waals surface area contributed by atoms with Crippen molar-refractivity contribution in [2.75, 3.05) is 12.3 Å². The lowest BCUT2D eigenvalue weighted by atomic mass is 10.1. The molecule has 0 spiro atoms. The second kappa shape index (κ2) is 8.15. The third-order valence-electron chi connectivity index (χ3n) is 3.21. The van der Waals surface area contributed by atoms with Gasteiger partial charge in [-0.1, -0.05) is 24.6 Å². The molecule has 0 radical (unpaired) electrons. The lowest BCUT2D eigenvalue weighted by Gasteiger charge is -2.18. The molecule has 112 valence electrons. The van der Waals surface area contributed by atoms with Crippen molar-refractivity contribution in [2.24, 2.45) is 0 Å². The molecule has 0 aliphatic carbocycles. The van der Waals surface area contributed by atoms with E-state index < -0.39 is 0 Å². The minimum absolute atomic E-state index is 0.111. The molecule has 2 aromatic rings. The predicted octanol–water partition coefficient (Wildman–Crippen LogP) is 4.36. The summed E-state index contributed by atoms with van der Waals surface area (Å²) in [6, 6.07) is 10.2. The maximum atomic E-state index is 13.4. The molecular weight excluding hydrogens is 283 g/mol. The highest BCUT2D eigenvalue weighted by atomic mass is 32.2. The van der Waals surface area contributed by atoms with Crippen LogP contribution >= 0.6 is 11.8 Å². The van der Waals surface area contributed by atoms with E-state index in [4.69, 9.17) is 0 Å². The van der Waals surface area contributed by atoms with E-state index in [2.05, 4.69) is 48.4 Å². The van der Waals surface area contributed by atoms with Crippen LogP contribution in [0.25, 0.3) is 0 Å². The van der Waals surface area contributed by atoms with Gasteiger partial charge in [0.15, 0.2) is 0 Å². The Kier molecular flexibility index (Phi) is 6.21. The first-order chi connectivity index (χ1) is 10.2. The quantitative estimate of drug-likeness (QED) is 0.769. The van der Waals surface area contributed by atoms with E-state index in [1.807, 2.05) is 0 Å². The Balaban J connectivity index is 2.04. The Morgan fingerprint density at radius 2 is 2.00 bits per heavy atom. The molecule has 0 saturated heterocycles. The zero-order valence-corrected chi connectivity index (χ0v) is 13.3. The number of thioether (sulfide) groups is 1. The van der Waals surface area contributed by atoms with Crippen LogP contribution in [0, 0.1) is 12.7 Å². The van der Waals surface area contributed by atoms with Gasteiger partial charge in [-0.2, -0.15) is 0 Å². The van der Waals surface area contributed by atoms with Gasteiger partial charge in [0, 0.05) is 22.9 Å². The third kappa shape index (κ3) is 5.14. The molecule has 1 aromatic heterocycles. The lowest BCUT2D eigenvalue weighted by molar-refractivity contribution is 0.564. The SMILES string of the molecule is CCCNC(CSc1ccc(C)cc1)c1cncc(F)c1. The number of benzene rings is 1. The summed E-state index contributed by atoms with van der Waals surface area (Å²) in [7, 11) is 0. The number of hydrogen-bond donors (Lipinski definition) is 1. The van der Waals surface area contributed by atoms with E-state index in [-0.39, 0.29) is 11.9 Å². The topological polar surface area (TPSA) is 24.9 Å². The average molecular weight is 304 g/mol. The summed E-state index contributed by atoms with van der Waals surface area (Å²) in [5.74, 6) is 0.574. The fourth-order valence-electron chi connectivity index (χ4n) is 2.02. The Morgan fingerprint density at radius 3 is 2.67 bits per heavy atom. The van der Waals surface area contributed by atoms with Crippen molar-refractivity contribution in [3.63, 3.8) is 0 Å². The van der Waals surface area contributed by atoms with Gasteiger partial charge in [0.05, 0.1) is 6.20 Å². The Morgan fingerprint density at radius 1 is 1.24 bits per heavy atom. The number of halogens is 1. The maximum absolute atomic E-state index is 13.4. The first-order valence-electron chi connectivity index (χ1n) is 7.22. The molecule has 21 heavy (non-hydrogen) atoms. The standard InChI is InChI=1S/C17H21FN2S/c1-3-8-20-17(14-9-15(18)11-19-10-14)12-21-16-6-4-13(2)5-7-16/h4-7,9-11,17,20H,3,8,12H2,1-2H3. The van der Waals surface area contributed by atoms with Gasteiger partial charge in [-0.25, -0.2) is 4.39 Å². The van der Waals surface area contributed by atoms with Crippen molar-refractivity contribution in [3.8, 4) is 0 Å². The van der Waals surface area contributed by atoms with Crippen LogP contribution in [0.5, 0.6) is 0 Å². The van der Waals surface area contributed by atoms with Crippen LogP contribution in [0.4, 0.5) is 4.39 Å². The molecule has 0 aliphatic heterocycles. The van der Waals surface area contributed by atoms with Crippen molar-refractivity contribution in [2.45, 2.75) is 31.2 Å². The van der Waals surface area contributed by atoms with Crippen LogP contribution in [-0.2, 0) is 0 Å². The fourth-order valence-corrected chi connectivity index (χ4v) is 3.02. The fraction of sp³-hybridized carbons (Fsp3) is 0.353. The van der Waals surface area contributed by atoms with Crippen molar-refractivity contribution < 1.29 is 4.39 Å². The molecule has 1 atom stereocenters. The smallest absolute Gasteiger partial charge is 0.141 e. The monoisotopic (exact) mass is 304 g/mol. The summed E-state index contributed by atoms with van der Waals surface area (Å²) in [5.41, 5.74) is 2.16. The van der Waals surface area contributed by atoms with Gasteiger partial charge in [-0.15, -0.1) is 11.8 Å². The molecule has 2 rings (SSSR count). The van der Waals surface area contributed by atoms with Crippen LogP contribution in [0.2, 0.25) is 0 Å². The number of nitrogens with one attached hydrogen (secondary N) is 1. The molecule has 0 amide bonds. The van der Waals surface area contributed by atoms with Crippen molar-refractivity contribution >= 4 is 11.8 Å². The normalized spacial score (nSPS) is 12.3. The lowest BCUT2D eigenvalue weighted by Crippen LogP contribution is -2.24. The summed E-state index contributed by atoms with van der Waals surface area (Å²) in [6.45, 7) is 5.12. The predicted molar refractivity (Wildman–Crippen MR) is 87.1 cm³/mol. The first-order valence-corrected chi connectivity index (χ1v) is 8.21. The van der Waals surface area contributed by atoms with Crippen LogP contribution in [-0.4, -0.2) is 17.3 Å². The van der Waals surface area contributed by atoms with Crippen molar-refractivity contribution in [1.82, 2.24) is 10.3 Å². The maximum Gasteiger partial charge on any atom is 0.141 e. The number of rotatable bonds is 7.